The molecule has 2 aliphatic rings. The van der Waals surface area contributed by atoms with Crippen LogP contribution in [0.1, 0.15) is 19.8 Å². The molecule has 2 aliphatic heterocycles. The molecule has 5 nitrogen and oxygen atoms in total. The molecular weight excluding hydrogens is 285 g/mol. The van der Waals surface area contributed by atoms with Crippen molar-refractivity contribution in [2.24, 2.45) is 5.92 Å². The molecule has 118 valence electrons. The molecule has 0 spiro atoms. The lowest BCUT2D eigenvalue weighted by Crippen LogP contribution is -2.48. The predicted octanol–water partition coefficient (Wildman–Crippen LogP) is 1.84. The van der Waals surface area contributed by atoms with Crippen LogP contribution in [0, 0.1) is 11.7 Å². The van der Waals surface area contributed by atoms with Gasteiger partial charge in [-0.1, -0.05) is 6.92 Å². The number of hydrogen-bond donors (Lipinski definition) is 1. The molecule has 3 rings (SSSR count). The molecule has 0 aliphatic carbocycles. The Morgan fingerprint density at radius 3 is 2.82 bits per heavy atom. The Kier molecular flexibility index (Phi) is 4.00. The first-order valence-electron chi connectivity index (χ1n) is 7.66. The highest BCUT2D eigenvalue weighted by molar-refractivity contribution is 6.05. The summed E-state index contributed by atoms with van der Waals surface area (Å²) in [6, 6.07) is 4.20. The summed E-state index contributed by atoms with van der Waals surface area (Å²) in [5, 5.41) is 2.89. The molecule has 0 bridgehead atoms. The molecule has 0 unspecified atom stereocenters. The van der Waals surface area contributed by atoms with Crippen LogP contribution in [-0.4, -0.2) is 42.9 Å². The second kappa shape index (κ2) is 5.94. The maximum atomic E-state index is 13.3. The molecule has 2 heterocycles. The van der Waals surface area contributed by atoms with Gasteiger partial charge in [0.1, 0.15) is 12.4 Å². The number of rotatable bonds is 2. The summed E-state index contributed by atoms with van der Waals surface area (Å²) in [4.78, 5) is 27.8. The molecule has 2 amide bonds. The third-order valence-corrected chi connectivity index (χ3v) is 4.41. The van der Waals surface area contributed by atoms with Gasteiger partial charge in [-0.3, -0.25) is 14.5 Å². The number of amides is 2. The number of carbonyl (C=O) groups excluding carboxylic acids is 2. The minimum absolute atomic E-state index is 0.0214. The van der Waals surface area contributed by atoms with E-state index in [2.05, 4.69) is 12.2 Å². The molecule has 1 aromatic carbocycles. The Bertz CT molecular complexity index is 597. The molecular formula is C16H20FN3O2. The highest BCUT2D eigenvalue weighted by atomic mass is 19.1. The topological polar surface area (TPSA) is 52.7 Å². The summed E-state index contributed by atoms with van der Waals surface area (Å²) >= 11 is 0. The van der Waals surface area contributed by atoms with E-state index in [9.17, 15) is 14.0 Å². The minimum atomic E-state index is -0.364. The molecule has 1 N–H and O–H groups in total. The van der Waals surface area contributed by atoms with Gasteiger partial charge in [-0.05, 0) is 37.0 Å². The van der Waals surface area contributed by atoms with Gasteiger partial charge in [-0.15, -0.1) is 0 Å². The lowest BCUT2D eigenvalue weighted by Gasteiger charge is -2.34. The summed E-state index contributed by atoms with van der Waals surface area (Å²) in [6.07, 6.45) is 2.01. The second-order valence-corrected chi connectivity index (χ2v) is 6.06. The first-order chi connectivity index (χ1) is 10.5. The standard InChI is InChI=1S/C16H20FN3O2/c1-11-4-6-19(7-5-11)16(22)10-20-14-3-2-12(17)8-13(14)18-9-15(20)21/h2-3,8,11,18H,4-7,9-10H2,1H3. The van der Waals surface area contributed by atoms with E-state index < -0.39 is 0 Å². The number of piperidine rings is 1. The van der Waals surface area contributed by atoms with Crippen molar-refractivity contribution in [3.63, 3.8) is 0 Å². The van der Waals surface area contributed by atoms with E-state index in [0.29, 0.717) is 17.3 Å². The quantitative estimate of drug-likeness (QED) is 0.907. The van der Waals surface area contributed by atoms with Crippen LogP contribution in [0.3, 0.4) is 0 Å². The molecule has 0 atom stereocenters. The number of halogens is 1. The van der Waals surface area contributed by atoms with Gasteiger partial charge in [-0.25, -0.2) is 4.39 Å². The fourth-order valence-corrected chi connectivity index (χ4v) is 2.95. The molecule has 0 aromatic heterocycles. The maximum absolute atomic E-state index is 13.3. The van der Waals surface area contributed by atoms with E-state index in [1.165, 1.54) is 17.0 Å². The number of nitrogens with zero attached hydrogens (tertiary/aromatic N) is 2. The third-order valence-electron chi connectivity index (χ3n) is 4.41. The van der Waals surface area contributed by atoms with Crippen molar-refractivity contribution in [2.75, 3.05) is 36.4 Å². The maximum Gasteiger partial charge on any atom is 0.246 e. The zero-order valence-electron chi connectivity index (χ0n) is 12.6. The molecule has 0 saturated carbocycles. The second-order valence-electron chi connectivity index (χ2n) is 6.06. The van der Waals surface area contributed by atoms with Crippen molar-refractivity contribution in [1.82, 2.24) is 4.90 Å². The van der Waals surface area contributed by atoms with E-state index in [1.54, 1.807) is 6.07 Å². The van der Waals surface area contributed by atoms with Crippen molar-refractivity contribution in [1.29, 1.82) is 0 Å². The normalized spacial score (nSPS) is 18.9. The Hall–Kier alpha value is -2.11. The Morgan fingerprint density at radius 2 is 2.09 bits per heavy atom. The van der Waals surface area contributed by atoms with Crippen LogP contribution in [-0.2, 0) is 9.59 Å². The van der Waals surface area contributed by atoms with Crippen LogP contribution in [0.25, 0.3) is 0 Å². The number of nitrogens with one attached hydrogen (secondary N) is 1. The van der Waals surface area contributed by atoms with E-state index in [1.807, 2.05) is 4.90 Å². The van der Waals surface area contributed by atoms with E-state index in [4.69, 9.17) is 0 Å². The summed E-state index contributed by atoms with van der Waals surface area (Å²) in [7, 11) is 0. The average Bonchev–Trinajstić information content (AvgIpc) is 2.50. The number of fused-ring (bicyclic) bond motifs is 1. The SMILES string of the molecule is CC1CCN(C(=O)CN2C(=O)CNc3cc(F)ccc32)CC1. The highest BCUT2D eigenvalue weighted by Gasteiger charge is 2.29. The zero-order valence-corrected chi connectivity index (χ0v) is 12.6. The van der Waals surface area contributed by atoms with E-state index >= 15 is 0 Å². The monoisotopic (exact) mass is 305 g/mol. The lowest BCUT2D eigenvalue weighted by molar-refractivity contribution is -0.132. The molecule has 6 heteroatoms. The van der Waals surface area contributed by atoms with Gasteiger partial charge in [0.05, 0.1) is 17.9 Å². The van der Waals surface area contributed by atoms with Crippen LogP contribution >= 0.6 is 0 Å². The number of hydrogen-bond acceptors (Lipinski definition) is 3. The van der Waals surface area contributed by atoms with Crippen molar-refractivity contribution < 1.29 is 14.0 Å². The average molecular weight is 305 g/mol. The Morgan fingerprint density at radius 1 is 1.36 bits per heavy atom. The molecule has 1 aromatic rings. The largest absolute Gasteiger partial charge is 0.374 e. The van der Waals surface area contributed by atoms with Gasteiger partial charge in [0.25, 0.3) is 0 Å². The van der Waals surface area contributed by atoms with Crippen LogP contribution in [0.5, 0.6) is 0 Å². The summed E-state index contributed by atoms with van der Waals surface area (Å²) < 4.78 is 13.3. The summed E-state index contributed by atoms with van der Waals surface area (Å²) in [5.74, 6) is 0.0701. The molecule has 1 saturated heterocycles. The van der Waals surface area contributed by atoms with E-state index in [0.717, 1.165) is 25.9 Å². The van der Waals surface area contributed by atoms with Crippen molar-refractivity contribution in [3.8, 4) is 0 Å². The number of benzene rings is 1. The fourth-order valence-electron chi connectivity index (χ4n) is 2.95. The summed E-state index contributed by atoms with van der Waals surface area (Å²) in [5.41, 5.74) is 1.12. The van der Waals surface area contributed by atoms with Crippen LogP contribution < -0.4 is 10.2 Å². The van der Waals surface area contributed by atoms with Crippen molar-refractivity contribution in [3.05, 3.63) is 24.0 Å². The van der Waals surface area contributed by atoms with Crippen LogP contribution in [0.15, 0.2) is 18.2 Å². The number of carbonyl (C=O) groups is 2. The van der Waals surface area contributed by atoms with E-state index in [-0.39, 0.29) is 30.7 Å². The number of anilines is 2. The van der Waals surface area contributed by atoms with Gasteiger partial charge < -0.3 is 10.2 Å². The third kappa shape index (κ3) is 2.91. The van der Waals surface area contributed by atoms with Crippen molar-refractivity contribution in [2.45, 2.75) is 19.8 Å². The van der Waals surface area contributed by atoms with Gasteiger partial charge in [0.15, 0.2) is 0 Å². The molecule has 22 heavy (non-hydrogen) atoms. The fraction of sp³-hybridized carbons (Fsp3) is 0.500. The van der Waals surface area contributed by atoms with Crippen LogP contribution in [0.4, 0.5) is 15.8 Å². The lowest BCUT2D eigenvalue weighted by atomic mass is 9.99. The Labute approximate surface area is 129 Å². The van der Waals surface area contributed by atoms with Gasteiger partial charge in [0, 0.05) is 13.1 Å². The zero-order chi connectivity index (χ0) is 15.7. The molecule has 1 fully saturated rings. The van der Waals surface area contributed by atoms with Crippen molar-refractivity contribution >= 4 is 23.2 Å². The number of likely N-dealkylation sites (tertiary alicyclic amines) is 1. The van der Waals surface area contributed by atoms with Crippen LogP contribution in [0.2, 0.25) is 0 Å². The Balaban J connectivity index is 1.74. The van der Waals surface area contributed by atoms with Gasteiger partial charge in [0.2, 0.25) is 11.8 Å². The first-order valence-corrected chi connectivity index (χ1v) is 7.66. The summed E-state index contributed by atoms with van der Waals surface area (Å²) in [6.45, 7) is 3.79. The smallest absolute Gasteiger partial charge is 0.246 e. The molecule has 0 radical (unpaired) electrons. The van der Waals surface area contributed by atoms with Gasteiger partial charge >= 0.3 is 0 Å². The minimum Gasteiger partial charge on any atom is -0.374 e. The highest BCUT2D eigenvalue weighted by Crippen LogP contribution is 2.30. The predicted molar refractivity (Wildman–Crippen MR) is 82.2 cm³/mol. The van der Waals surface area contributed by atoms with Gasteiger partial charge in [-0.2, -0.15) is 0 Å². The first kappa shape index (κ1) is 14.8.